The molecule has 3 nitrogen and oxygen atoms in total. The fourth-order valence-electron chi connectivity index (χ4n) is 0.836. The number of nitrogens with two attached hydrogens (primary N) is 1. The molecule has 63 valence electrons. The van der Waals surface area contributed by atoms with Gasteiger partial charge >= 0.3 is 0 Å². The summed E-state index contributed by atoms with van der Waals surface area (Å²) < 4.78 is 1.60. The Kier molecular flexibility index (Phi) is 4.72. The molecular weight excluding hydrogens is 227 g/mol. The molecule has 1 aromatic heterocycles. The molecule has 1 heterocycles. The second kappa shape index (κ2) is 4.78. The van der Waals surface area contributed by atoms with Crippen molar-refractivity contribution in [2.75, 3.05) is 5.73 Å². The van der Waals surface area contributed by atoms with E-state index in [2.05, 4.69) is 17.5 Å². The van der Waals surface area contributed by atoms with Crippen molar-refractivity contribution in [3.05, 3.63) is 17.5 Å². The fraction of sp³-hybridized carbons (Fsp3) is 0.375. The third-order valence-corrected chi connectivity index (χ3v) is 1.69. The number of hydrogen-bond donors (Lipinski definition) is 1. The molecule has 1 radical (unpaired) electrons. The standard InChI is InChI=1S/C8H11N3.Y/c1-4-10-11-5-8(9)6(2)7(11)3;/h9H2,1-3H3;/q-2;. The first kappa shape index (κ1) is 11.9. The number of nitrogens with zero attached hydrogens (tertiary/aromatic N) is 2. The zero-order valence-electron chi connectivity index (χ0n) is 7.55. The molecule has 0 unspecified atom stereocenters. The molecule has 0 amide bonds. The largest absolute Gasteiger partial charge is 0.419 e. The minimum absolute atomic E-state index is 0. The molecule has 2 N–H and O–H groups in total. The van der Waals surface area contributed by atoms with Gasteiger partial charge in [0.2, 0.25) is 0 Å². The van der Waals surface area contributed by atoms with Gasteiger partial charge in [0.05, 0.1) is 0 Å². The van der Waals surface area contributed by atoms with Crippen molar-refractivity contribution >= 4 is 11.9 Å². The van der Waals surface area contributed by atoms with Crippen molar-refractivity contribution in [2.45, 2.75) is 20.8 Å². The van der Waals surface area contributed by atoms with Crippen molar-refractivity contribution in [1.82, 2.24) is 4.68 Å². The minimum atomic E-state index is 0. The van der Waals surface area contributed by atoms with Crippen LogP contribution in [0.2, 0.25) is 0 Å². The first-order valence-corrected chi connectivity index (χ1v) is 3.41. The molecule has 0 saturated carbocycles. The summed E-state index contributed by atoms with van der Waals surface area (Å²) in [5.74, 6) is 0. The Morgan fingerprint density at radius 2 is 2.08 bits per heavy atom. The second-order valence-electron chi connectivity index (χ2n) is 2.37. The van der Waals surface area contributed by atoms with Crippen LogP contribution in [0.3, 0.4) is 0 Å². The molecule has 0 fully saturated rings. The molecule has 1 rings (SSSR count). The van der Waals surface area contributed by atoms with E-state index in [1.165, 1.54) is 0 Å². The van der Waals surface area contributed by atoms with Gasteiger partial charge in [0.1, 0.15) is 0 Å². The quantitative estimate of drug-likeness (QED) is 0.580. The summed E-state index contributed by atoms with van der Waals surface area (Å²) in [7, 11) is 0. The van der Waals surface area contributed by atoms with Crippen LogP contribution in [0.4, 0.5) is 5.69 Å². The molecule has 4 heteroatoms. The SMILES string of the molecule is C[C-]=Nn1[c-]c(N)c(C)c1C.[Y]. The van der Waals surface area contributed by atoms with E-state index in [1.54, 1.807) is 11.6 Å². The average Bonchev–Trinajstić information content (AvgIpc) is 2.19. The monoisotopic (exact) mass is 238 g/mol. The van der Waals surface area contributed by atoms with Crippen LogP contribution < -0.4 is 5.73 Å². The summed E-state index contributed by atoms with van der Waals surface area (Å²) in [6.45, 7) is 5.63. The number of anilines is 1. The van der Waals surface area contributed by atoms with Crippen LogP contribution in [0.15, 0.2) is 5.10 Å². The van der Waals surface area contributed by atoms with E-state index in [-0.39, 0.29) is 32.7 Å². The van der Waals surface area contributed by atoms with Gasteiger partial charge in [-0.15, -0.1) is 5.69 Å². The van der Waals surface area contributed by atoms with Crippen molar-refractivity contribution in [3.63, 3.8) is 0 Å². The van der Waals surface area contributed by atoms with Crippen molar-refractivity contribution < 1.29 is 32.7 Å². The number of aromatic nitrogens is 1. The molecule has 0 saturated heterocycles. The first-order chi connectivity index (χ1) is 5.16. The van der Waals surface area contributed by atoms with Gasteiger partial charge in [0.15, 0.2) is 0 Å². The second-order valence-corrected chi connectivity index (χ2v) is 2.37. The van der Waals surface area contributed by atoms with Crippen LogP contribution in [0.1, 0.15) is 18.2 Å². The molecule has 0 spiro atoms. The zero-order chi connectivity index (χ0) is 8.43. The van der Waals surface area contributed by atoms with Crippen molar-refractivity contribution in [1.29, 1.82) is 0 Å². The van der Waals surface area contributed by atoms with Gasteiger partial charge in [-0.3, -0.25) is 0 Å². The number of nitrogen functional groups attached to an aromatic ring is 1. The van der Waals surface area contributed by atoms with Crippen LogP contribution in [0.25, 0.3) is 0 Å². The van der Waals surface area contributed by atoms with Gasteiger partial charge in [-0.2, -0.15) is 12.5 Å². The molecule has 12 heavy (non-hydrogen) atoms. The molecule has 1 aromatic rings. The Morgan fingerprint density at radius 3 is 2.42 bits per heavy atom. The van der Waals surface area contributed by atoms with Gasteiger partial charge in [-0.1, -0.05) is 25.7 Å². The van der Waals surface area contributed by atoms with Crippen molar-refractivity contribution in [3.8, 4) is 0 Å². The maximum absolute atomic E-state index is 5.61. The summed E-state index contributed by atoms with van der Waals surface area (Å²) in [5, 5.41) is 3.92. The van der Waals surface area contributed by atoms with E-state index < -0.39 is 0 Å². The molecule has 0 bridgehead atoms. The van der Waals surface area contributed by atoms with Gasteiger partial charge in [-0.05, 0) is 0 Å². The Bertz CT molecular complexity index is 289. The van der Waals surface area contributed by atoms with Crippen LogP contribution in [-0.2, 0) is 32.7 Å². The van der Waals surface area contributed by atoms with E-state index in [9.17, 15) is 0 Å². The zero-order valence-corrected chi connectivity index (χ0v) is 10.4. The van der Waals surface area contributed by atoms with E-state index in [0.29, 0.717) is 5.69 Å². The smallest absolute Gasteiger partial charge is 0 e. The summed E-state index contributed by atoms with van der Waals surface area (Å²) >= 11 is 0. The summed E-state index contributed by atoms with van der Waals surface area (Å²) in [5.41, 5.74) is 8.30. The van der Waals surface area contributed by atoms with Gasteiger partial charge < -0.3 is 21.7 Å². The molecular formula is C8H11N3Y-2. The summed E-state index contributed by atoms with van der Waals surface area (Å²) in [6, 6.07) is 0. The normalized spacial score (nSPS) is 10.2. The van der Waals surface area contributed by atoms with Crippen LogP contribution in [0.5, 0.6) is 0 Å². The molecule has 0 aliphatic heterocycles. The Labute approximate surface area is 97.9 Å². The van der Waals surface area contributed by atoms with Gasteiger partial charge in [0, 0.05) is 32.7 Å². The number of rotatable bonds is 1. The maximum atomic E-state index is 5.61. The molecule has 0 aromatic carbocycles. The van der Waals surface area contributed by atoms with Crippen LogP contribution >= 0.6 is 0 Å². The minimum Gasteiger partial charge on any atom is -0.419 e. The third kappa shape index (κ3) is 2.17. The average molecular weight is 238 g/mol. The van der Waals surface area contributed by atoms with Crippen LogP contribution in [0, 0.1) is 20.0 Å². The Balaban J connectivity index is 0.00000121. The third-order valence-electron chi connectivity index (χ3n) is 1.69. The topological polar surface area (TPSA) is 43.3 Å². The molecule has 0 aliphatic carbocycles. The van der Waals surface area contributed by atoms with Gasteiger partial charge in [0.25, 0.3) is 0 Å². The summed E-state index contributed by atoms with van der Waals surface area (Å²) in [4.78, 5) is 0. The molecule has 0 aliphatic rings. The van der Waals surface area contributed by atoms with E-state index in [4.69, 9.17) is 5.73 Å². The Morgan fingerprint density at radius 1 is 1.50 bits per heavy atom. The van der Waals surface area contributed by atoms with E-state index in [1.807, 2.05) is 13.8 Å². The fourth-order valence-corrected chi connectivity index (χ4v) is 0.836. The predicted molar refractivity (Wildman–Crippen MR) is 45.7 cm³/mol. The Hall–Kier alpha value is -0.146. The number of hydrogen-bond acceptors (Lipinski definition) is 2. The van der Waals surface area contributed by atoms with Crippen LogP contribution in [-0.4, -0.2) is 10.9 Å². The predicted octanol–water partition coefficient (Wildman–Crippen LogP) is 1.22. The molecule has 0 atom stereocenters. The summed E-state index contributed by atoms with van der Waals surface area (Å²) in [6.07, 6.45) is 5.55. The van der Waals surface area contributed by atoms with E-state index in [0.717, 1.165) is 11.3 Å². The van der Waals surface area contributed by atoms with E-state index >= 15 is 0 Å². The first-order valence-electron chi connectivity index (χ1n) is 3.41. The maximum Gasteiger partial charge on any atom is 0 e. The van der Waals surface area contributed by atoms with Gasteiger partial charge in [-0.25, -0.2) is 0 Å². The van der Waals surface area contributed by atoms with Crippen molar-refractivity contribution in [2.24, 2.45) is 5.10 Å².